The van der Waals surface area contributed by atoms with Crippen molar-refractivity contribution in [3.8, 4) is 0 Å². The van der Waals surface area contributed by atoms with Crippen LogP contribution < -0.4 is 15.5 Å². The zero-order chi connectivity index (χ0) is 19.6. The highest BCUT2D eigenvalue weighted by Crippen LogP contribution is 2.18. The fourth-order valence-corrected chi connectivity index (χ4v) is 2.73. The average Bonchev–Trinajstić information content (AvgIpc) is 2.67. The molecule has 0 bridgehead atoms. The Kier molecular flexibility index (Phi) is 8.00. The molecule has 2 rings (SSSR count). The summed E-state index contributed by atoms with van der Waals surface area (Å²) in [6.45, 7) is 7.94. The maximum absolute atomic E-state index is 12.5. The Labute approximate surface area is 161 Å². The van der Waals surface area contributed by atoms with Crippen LogP contribution in [0.3, 0.4) is 0 Å². The van der Waals surface area contributed by atoms with E-state index in [2.05, 4.69) is 44.2 Å². The second kappa shape index (κ2) is 10.5. The van der Waals surface area contributed by atoms with Gasteiger partial charge >= 0.3 is 0 Å². The minimum Gasteiger partial charge on any atom is -0.372 e. The van der Waals surface area contributed by atoms with Crippen molar-refractivity contribution < 1.29 is 4.79 Å². The number of carbonyl (C=O) groups is 1. The van der Waals surface area contributed by atoms with Crippen molar-refractivity contribution >= 4 is 23.1 Å². The first-order valence-electron chi connectivity index (χ1n) is 9.40. The van der Waals surface area contributed by atoms with Crippen molar-refractivity contribution in [2.24, 2.45) is 0 Å². The number of nitrogens with one attached hydrogen (secondary N) is 2. The number of aromatic nitrogens is 2. The summed E-state index contributed by atoms with van der Waals surface area (Å²) in [5, 5.41) is 6.12. The van der Waals surface area contributed by atoms with Gasteiger partial charge in [0, 0.05) is 37.1 Å². The molecule has 2 aromatic rings. The van der Waals surface area contributed by atoms with Gasteiger partial charge in [-0.3, -0.25) is 4.79 Å². The van der Waals surface area contributed by atoms with Crippen LogP contribution in [0.2, 0.25) is 0 Å². The number of anilines is 3. The van der Waals surface area contributed by atoms with E-state index < -0.39 is 0 Å². The van der Waals surface area contributed by atoms with Gasteiger partial charge in [-0.05, 0) is 65.2 Å². The van der Waals surface area contributed by atoms with E-state index in [9.17, 15) is 4.79 Å². The van der Waals surface area contributed by atoms with Crippen molar-refractivity contribution in [2.75, 3.05) is 55.8 Å². The molecule has 0 spiro atoms. The van der Waals surface area contributed by atoms with Crippen LogP contribution in [0.15, 0.2) is 36.7 Å². The molecule has 146 valence electrons. The molecule has 0 fully saturated rings. The van der Waals surface area contributed by atoms with E-state index in [1.807, 2.05) is 38.4 Å². The van der Waals surface area contributed by atoms with Crippen molar-refractivity contribution in [1.29, 1.82) is 0 Å². The fourth-order valence-electron chi connectivity index (χ4n) is 2.73. The highest BCUT2D eigenvalue weighted by Gasteiger charge is 2.10. The second-order valence-electron chi connectivity index (χ2n) is 6.55. The number of rotatable bonds is 10. The van der Waals surface area contributed by atoms with Crippen LogP contribution in [0.5, 0.6) is 0 Å². The standard InChI is InChI=1S/C20H30N6O/c1-5-26(6-2)17-10-8-16(9-11-17)24-20(27)18-14-19(23-15-22-18)21-12-7-13-25(3)4/h8-11,14-15H,5-7,12-13H2,1-4H3,(H,24,27)(H,21,22,23). The summed E-state index contributed by atoms with van der Waals surface area (Å²) in [7, 11) is 4.09. The molecule has 7 nitrogen and oxygen atoms in total. The Morgan fingerprint density at radius 3 is 2.41 bits per heavy atom. The number of carbonyl (C=O) groups excluding carboxylic acids is 1. The summed E-state index contributed by atoms with van der Waals surface area (Å²) < 4.78 is 0. The van der Waals surface area contributed by atoms with E-state index in [1.54, 1.807) is 6.07 Å². The van der Waals surface area contributed by atoms with Gasteiger partial charge in [0.25, 0.3) is 5.91 Å². The molecule has 1 aromatic carbocycles. The lowest BCUT2D eigenvalue weighted by molar-refractivity contribution is 0.102. The van der Waals surface area contributed by atoms with Crippen LogP contribution in [0.25, 0.3) is 0 Å². The van der Waals surface area contributed by atoms with E-state index in [0.717, 1.165) is 44.0 Å². The molecule has 2 N–H and O–H groups in total. The third-order valence-corrected chi connectivity index (χ3v) is 4.24. The molecular weight excluding hydrogens is 340 g/mol. The van der Waals surface area contributed by atoms with Gasteiger partial charge in [-0.2, -0.15) is 0 Å². The minimum absolute atomic E-state index is 0.246. The third-order valence-electron chi connectivity index (χ3n) is 4.24. The fraction of sp³-hybridized carbons (Fsp3) is 0.450. The van der Waals surface area contributed by atoms with Crippen LogP contribution in [0.1, 0.15) is 30.8 Å². The largest absolute Gasteiger partial charge is 0.372 e. The molecule has 7 heteroatoms. The summed E-state index contributed by atoms with van der Waals surface area (Å²) in [5.74, 6) is 0.412. The van der Waals surface area contributed by atoms with E-state index in [-0.39, 0.29) is 5.91 Å². The predicted molar refractivity (Wildman–Crippen MR) is 112 cm³/mol. The summed E-state index contributed by atoms with van der Waals surface area (Å²) in [6, 6.07) is 9.52. The van der Waals surface area contributed by atoms with Gasteiger partial charge in [-0.1, -0.05) is 0 Å². The maximum atomic E-state index is 12.5. The molecule has 0 aliphatic carbocycles. The van der Waals surface area contributed by atoms with Crippen LogP contribution in [-0.4, -0.2) is 61.0 Å². The second-order valence-corrected chi connectivity index (χ2v) is 6.55. The first kappa shape index (κ1) is 20.6. The van der Waals surface area contributed by atoms with Crippen LogP contribution >= 0.6 is 0 Å². The number of nitrogens with zero attached hydrogens (tertiary/aromatic N) is 4. The molecule has 0 saturated carbocycles. The van der Waals surface area contributed by atoms with E-state index in [0.29, 0.717) is 11.5 Å². The van der Waals surface area contributed by atoms with Gasteiger partial charge in [0.1, 0.15) is 17.8 Å². The summed E-state index contributed by atoms with van der Waals surface area (Å²) in [4.78, 5) is 25.1. The highest BCUT2D eigenvalue weighted by atomic mass is 16.1. The SMILES string of the molecule is CCN(CC)c1ccc(NC(=O)c2cc(NCCCN(C)C)ncn2)cc1. The van der Waals surface area contributed by atoms with Crippen molar-refractivity contribution in [3.63, 3.8) is 0 Å². The molecule has 1 heterocycles. The molecule has 27 heavy (non-hydrogen) atoms. The summed E-state index contributed by atoms with van der Waals surface area (Å²) in [5.41, 5.74) is 2.23. The minimum atomic E-state index is -0.246. The van der Waals surface area contributed by atoms with Gasteiger partial charge in [0.2, 0.25) is 0 Å². The molecule has 0 atom stereocenters. The molecule has 1 amide bonds. The lowest BCUT2D eigenvalue weighted by Crippen LogP contribution is -2.21. The Hall–Kier alpha value is -2.67. The van der Waals surface area contributed by atoms with Crippen LogP contribution in [-0.2, 0) is 0 Å². The van der Waals surface area contributed by atoms with Gasteiger partial charge < -0.3 is 20.4 Å². The van der Waals surface area contributed by atoms with Gasteiger partial charge in [0.15, 0.2) is 0 Å². The molecule has 0 radical (unpaired) electrons. The predicted octanol–water partition coefficient (Wildman–Crippen LogP) is 2.94. The quantitative estimate of drug-likeness (QED) is 0.627. The van der Waals surface area contributed by atoms with Crippen molar-refractivity contribution in [2.45, 2.75) is 20.3 Å². The first-order chi connectivity index (χ1) is 13.0. The highest BCUT2D eigenvalue weighted by molar-refractivity contribution is 6.03. The summed E-state index contributed by atoms with van der Waals surface area (Å²) in [6.07, 6.45) is 2.41. The smallest absolute Gasteiger partial charge is 0.274 e. The maximum Gasteiger partial charge on any atom is 0.274 e. The normalized spacial score (nSPS) is 10.7. The zero-order valence-corrected chi connectivity index (χ0v) is 16.7. The Morgan fingerprint density at radius 2 is 1.78 bits per heavy atom. The number of hydrogen-bond donors (Lipinski definition) is 2. The lowest BCUT2D eigenvalue weighted by Gasteiger charge is -2.21. The van der Waals surface area contributed by atoms with Gasteiger partial charge in [-0.25, -0.2) is 9.97 Å². The van der Waals surface area contributed by atoms with Crippen LogP contribution in [0.4, 0.5) is 17.2 Å². The van der Waals surface area contributed by atoms with E-state index in [4.69, 9.17) is 0 Å². The summed E-state index contributed by atoms with van der Waals surface area (Å²) >= 11 is 0. The Balaban J connectivity index is 1.94. The number of amides is 1. The van der Waals surface area contributed by atoms with Crippen LogP contribution in [0, 0.1) is 0 Å². The molecule has 0 aliphatic heterocycles. The average molecular weight is 371 g/mol. The molecule has 0 aliphatic rings. The Morgan fingerprint density at radius 1 is 1.07 bits per heavy atom. The third kappa shape index (κ3) is 6.53. The zero-order valence-electron chi connectivity index (χ0n) is 16.7. The number of benzene rings is 1. The lowest BCUT2D eigenvalue weighted by atomic mass is 10.2. The van der Waals surface area contributed by atoms with Gasteiger partial charge in [0.05, 0.1) is 0 Å². The monoisotopic (exact) mass is 370 g/mol. The number of hydrogen-bond acceptors (Lipinski definition) is 6. The molecule has 0 unspecified atom stereocenters. The molecule has 0 saturated heterocycles. The molecular formula is C20H30N6O. The van der Waals surface area contributed by atoms with Crippen molar-refractivity contribution in [3.05, 3.63) is 42.4 Å². The topological polar surface area (TPSA) is 73.4 Å². The van der Waals surface area contributed by atoms with Gasteiger partial charge in [-0.15, -0.1) is 0 Å². The van der Waals surface area contributed by atoms with Crippen molar-refractivity contribution in [1.82, 2.24) is 14.9 Å². The van der Waals surface area contributed by atoms with E-state index >= 15 is 0 Å². The Bertz CT molecular complexity index is 713. The molecule has 1 aromatic heterocycles. The van der Waals surface area contributed by atoms with E-state index in [1.165, 1.54) is 6.33 Å². The first-order valence-corrected chi connectivity index (χ1v) is 9.40.